The highest BCUT2D eigenvalue weighted by Gasteiger charge is 2.03. The van der Waals surface area contributed by atoms with E-state index < -0.39 is 11.2 Å². The van der Waals surface area contributed by atoms with Crippen LogP contribution in [0.4, 0.5) is 0 Å². The fourth-order valence-corrected chi connectivity index (χ4v) is 2.05. The third-order valence-electron chi connectivity index (χ3n) is 3.32. The van der Waals surface area contributed by atoms with Crippen LogP contribution in [0.1, 0.15) is 11.3 Å². The number of hydrogen-bond donors (Lipinski definition) is 1. The maximum Gasteiger partial charge on any atom is 0.226 e. The summed E-state index contributed by atoms with van der Waals surface area (Å²) in [5, 5.41) is 9.13. The first-order chi connectivity index (χ1) is 11.7. The van der Waals surface area contributed by atoms with Crippen LogP contribution in [0, 0.1) is 0 Å². The van der Waals surface area contributed by atoms with E-state index in [0.29, 0.717) is 18.1 Å². The topological polar surface area (TPSA) is 68.9 Å². The van der Waals surface area contributed by atoms with Crippen molar-refractivity contribution >= 4 is 0 Å². The molecule has 1 aromatic heterocycles. The molecule has 0 bridgehead atoms. The molecule has 3 aromatic rings. The Morgan fingerprint density at radius 3 is 2.12 bits per heavy atom. The predicted octanol–water partition coefficient (Wildman–Crippen LogP) is 3.50. The van der Waals surface area contributed by atoms with Crippen LogP contribution < -0.4 is 14.9 Å². The van der Waals surface area contributed by atoms with E-state index in [9.17, 15) is 4.79 Å². The SMILES string of the molecule is O=c1cc(COc2ccc(OCc3ccccc3)cc2)occ1O. The van der Waals surface area contributed by atoms with Crippen LogP contribution in [-0.2, 0) is 13.2 Å². The molecule has 0 aliphatic carbocycles. The van der Waals surface area contributed by atoms with Gasteiger partial charge in [0.2, 0.25) is 5.43 Å². The Balaban J connectivity index is 1.54. The molecule has 2 aromatic carbocycles. The van der Waals surface area contributed by atoms with E-state index in [0.717, 1.165) is 17.6 Å². The Morgan fingerprint density at radius 2 is 1.50 bits per heavy atom. The van der Waals surface area contributed by atoms with Crippen molar-refractivity contribution < 1.29 is 19.0 Å². The lowest BCUT2D eigenvalue weighted by Crippen LogP contribution is -2.03. The maximum atomic E-state index is 11.3. The third kappa shape index (κ3) is 4.16. The van der Waals surface area contributed by atoms with Crippen LogP contribution in [0.3, 0.4) is 0 Å². The van der Waals surface area contributed by atoms with Gasteiger partial charge in [0.05, 0.1) is 0 Å². The Bertz CT molecular complexity index is 838. The van der Waals surface area contributed by atoms with E-state index in [1.807, 2.05) is 42.5 Å². The van der Waals surface area contributed by atoms with Crippen LogP contribution in [0.2, 0.25) is 0 Å². The molecule has 5 heteroatoms. The molecule has 0 atom stereocenters. The van der Waals surface area contributed by atoms with Gasteiger partial charge in [-0.3, -0.25) is 4.79 Å². The van der Waals surface area contributed by atoms with Crippen LogP contribution in [-0.4, -0.2) is 5.11 Å². The van der Waals surface area contributed by atoms with Gasteiger partial charge in [-0.05, 0) is 29.8 Å². The second kappa shape index (κ2) is 7.37. The predicted molar refractivity (Wildman–Crippen MR) is 88.2 cm³/mol. The van der Waals surface area contributed by atoms with Crippen molar-refractivity contribution in [3.63, 3.8) is 0 Å². The summed E-state index contributed by atoms with van der Waals surface area (Å²) in [5.41, 5.74) is 0.602. The first-order valence-electron chi connectivity index (χ1n) is 7.41. The molecule has 1 heterocycles. The van der Waals surface area contributed by atoms with Gasteiger partial charge >= 0.3 is 0 Å². The smallest absolute Gasteiger partial charge is 0.226 e. The van der Waals surface area contributed by atoms with Gasteiger partial charge < -0.3 is 19.0 Å². The van der Waals surface area contributed by atoms with Gasteiger partial charge in [-0.25, -0.2) is 0 Å². The molecule has 0 unspecified atom stereocenters. The standard InChI is InChI=1S/C19H16O5/c20-18-10-17(24-13-19(18)21)12-23-16-8-6-15(7-9-16)22-11-14-4-2-1-3-5-14/h1-10,13,21H,11-12H2. The normalized spacial score (nSPS) is 10.3. The zero-order valence-corrected chi connectivity index (χ0v) is 12.8. The third-order valence-corrected chi connectivity index (χ3v) is 3.32. The molecule has 122 valence electrons. The highest BCUT2D eigenvalue weighted by molar-refractivity contribution is 5.31. The molecule has 0 saturated carbocycles. The van der Waals surface area contributed by atoms with E-state index in [-0.39, 0.29) is 6.61 Å². The van der Waals surface area contributed by atoms with Gasteiger partial charge in [-0.2, -0.15) is 0 Å². The monoisotopic (exact) mass is 324 g/mol. The highest BCUT2D eigenvalue weighted by atomic mass is 16.5. The summed E-state index contributed by atoms with van der Waals surface area (Å²) in [6.45, 7) is 0.597. The average Bonchev–Trinajstić information content (AvgIpc) is 2.63. The summed E-state index contributed by atoms with van der Waals surface area (Å²) in [4.78, 5) is 11.3. The zero-order valence-electron chi connectivity index (χ0n) is 12.8. The van der Waals surface area contributed by atoms with Crippen molar-refractivity contribution in [3.8, 4) is 17.2 Å². The quantitative estimate of drug-likeness (QED) is 0.751. The molecule has 0 spiro atoms. The second-order valence-corrected chi connectivity index (χ2v) is 5.13. The maximum absolute atomic E-state index is 11.3. The molecule has 0 aliphatic rings. The van der Waals surface area contributed by atoms with Crippen molar-refractivity contribution in [1.82, 2.24) is 0 Å². The van der Waals surface area contributed by atoms with Gasteiger partial charge in [-0.15, -0.1) is 0 Å². The van der Waals surface area contributed by atoms with E-state index in [2.05, 4.69) is 0 Å². The molecule has 0 saturated heterocycles. The minimum atomic E-state index is -0.496. The highest BCUT2D eigenvalue weighted by Crippen LogP contribution is 2.19. The van der Waals surface area contributed by atoms with E-state index in [1.165, 1.54) is 6.07 Å². The number of hydrogen-bond acceptors (Lipinski definition) is 5. The van der Waals surface area contributed by atoms with Crippen molar-refractivity contribution in [3.05, 3.63) is 88.5 Å². The lowest BCUT2D eigenvalue weighted by Gasteiger charge is -2.08. The van der Waals surface area contributed by atoms with Crippen LogP contribution in [0.5, 0.6) is 17.2 Å². The fraction of sp³-hybridized carbons (Fsp3) is 0.105. The zero-order chi connectivity index (χ0) is 16.8. The summed E-state index contributed by atoms with van der Waals surface area (Å²) in [6.07, 6.45) is 1.00. The number of benzene rings is 2. The summed E-state index contributed by atoms with van der Waals surface area (Å²) < 4.78 is 16.3. The largest absolute Gasteiger partial charge is 0.502 e. The summed E-state index contributed by atoms with van der Waals surface area (Å²) in [7, 11) is 0. The van der Waals surface area contributed by atoms with Gasteiger partial charge in [0, 0.05) is 6.07 Å². The Morgan fingerprint density at radius 1 is 0.875 bits per heavy atom. The molecule has 3 rings (SSSR count). The molecule has 24 heavy (non-hydrogen) atoms. The van der Waals surface area contributed by atoms with Gasteiger partial charge in [0.1, 0.15) is 36.7 Å². The number of aromatic hydroxyl groups is 1. The average molecular weight is 324 g/mol. The molecule has 1 N–H and O–H groups in total. The van der Waals surface area contributed by atoms with E-state index >= 15 is 0 Å². The molecule has 0 aliphatic heterocycles. The van der Waals surface area contributed by atoms with Gasteiger partial charge in [-0.1, -0.05) is 30.3 Å². The van der Waals surface area contributed by atoms with Crippen LogP contribution in [0.15, 0.2) is 76.1 Å². The van der Waals surface area contributed by atoms with Crippen molar-refractivity contribution in [2.45, 2.75) is 13.2 Å². The number of ether oxygens (including phenoxy) is 2. The summed E-state index contributed by atoms with van der Waals surface area (Å²) >= 11 is 0. The fourth-order valence-electron chi connectivity index (χ4n) is 2.05. The van der Waals surface area contributed by atoms with E-state index in [4.69, 9.17) is 19.0 Å². The molecule has 0 radical (unpaired) electrons. The molecular weight excluding hydrogens is 308 g/mol. The van der Waals surface area contributed by atoms with Crippen molar-refractivity contribution in [1.29, 1.82) is 0 Å². The summed E-state index contributed by atoms with van der Waals surface area (Å²) in [6, 6.07) is 18.3. The minimum Gasteiger partial charge on any atom is -0.502 e. The van der Waals surface area contributed by atoms with Gasteiger partial charge in [0.25, 0.3) is 0 Å². The second-order valence-electron chi connectivity index (χ2n) is 5.13. The Labute approximate surface area is 138 Å². The van der Waals surface area contributed by atoms with Crippen LogP contribution >= 0.6 is 0 Å². The molecule has 0 amide bonds. The lowest BCUT2D eigenvalue weighted by atomic mass is 10.2. The molecule has 5 nitrogen and oxygen atoms in total. The number of rotatable bonds is 6. The Kier molecular flexibility index (Phi) is 4.81. The first-order valence-corrected chi connectivity index (χ1v) is 7.41. The van der Waals surface area contributed by atoms with E-state index in [1.54, 1.807) is 12.1 Å². The summed E-state index contributed by atoms with van der Waals surface area (Å²) in [5.74, 6) is 1.28. The minimum absolute atomic E-state index is 0.0970. The van der Waals surface area contributed by atoms with Crippen molar-refractivity contribution in [2.24, 2.45) is 0 Å². The van der Waals surface area contributed by atoms with Crippen LogP contribution in [0.25, 0.3) is 0 Å². The Hall–Kier alpha value is -3.21. The van der Waals surface area contributed by atoms with Gasteiger partial charge in [0.15, 0.2) is 5.75 Å². The first kappa shape index (κ1) is 15.7. The molecule has 0 fully saturated rings. The van der Waals surface area contributed by atoms with Crippen molar-refractivity contribution in [2.75, 3.05) is 0 Å². The lowest BCUT2D eigenvalue weighted by molar-refractivity contribution is 0.262. The molecular formula is C19H16O5.